The highest BCUT2D eigenvalue weighted by Gasteiger charge is 2.25. The summed E-state index contributed by atoms with van der Waals surface area (Å²) in [6.07, 6.45) is 3.49. The van der Waals surface area contributed by atoms with Crippen LogP contribution in [0.2, 0.25) is 0 Å². The van der Waals surface area contributed by atoms with Crippen LogP contribution in [0.5, 0.6) is 0 Å². The molecule has 0 aliphatic carbocycles. The fourth-order valence-electron chi connectivity index (χ4n) is 2.12. The highest BCUT2D eigenvalue weighted by atomic mass is 16.5. The van der Waals surface area contributed by atoms with Gasteiger partial charge in [0.05, 0.1) is 26.4 Å². The van der Waals surface area contributed by atoms with Gasteiger partial charge < -0.3 is 19.5 Å². The van der Waals surface area contributed by atoms with Crippen LogP contribution in [0, 0.1) is 5.41 Å². The van der Waals surface area contributed by atoms with Crippen molar-refractivity contribution < 1.29 is 14.2 Å². The molecule has 122 valence electrons. The number of rotatable bonds is 14. The van der Waals surface area contributed by atoms with Crippen molar-refractivity contribution in [3.63, 3.8) is 0 Å². The van der Waals surface area contributed by atoms with Gasteiger partial charge >= 0.3 is 0 Å². The summed E-state index contributed by atoms with van der Waals surface area (Å²) in [7, 11) is 1.68. The SMILES string of the molecule is CCC(CC)(CCOCCOCCOC)CNC(C)C. The van der Waals surface area contributed by atoms with Gasteiger partial charge in [0.25, 0.3) is 0 Å². The summed E-state index contributed by atoms with van der Waals surface area (Å²) in [5.74, 6) is 0. The fraction of sp³-hybridized carbons (Fsp3) is 1.00. The van der Waals surface area contributed by atoms with E-state index >= 15 is 0 Å². The lowest BCUT2D eigenvalue weighted by molar-refractivity contribution is 0.0153. The first-order chi connectivity index (χ1) is 9.60. The van der Waals surface area contributed by atoms with E-state index in [0.29, 0.717) is 37.9 Å². The Hall–Kier alpha value is -0.160. The highest BCUT2D eigenvalue weighted by molar-refractivity contribution is 4.79. The van der Waals surface area contributed by atoms with Crippen molar-refractivity contribution in [2.45, 2.75) is 53.0 Å². The topological polar surface area (TPSA) is 39.7 Å². The van der Waals surface area contributed by atoms with Crippen molar-refractivity contribution in [2.75, 3.05) is 46.7 Å². The first-order valence-corrected chi connectivity index (χ1v) is 7.98. The molecule has 0 saturated heterocycles. The predicted octanol–water partition coefficient (Wildman–Crippen LogP) is 2.86. The largest absolute Gasteiger partial charge is 0.382 e. The number of hydrogen-bond donors (Lipinski definition) is 1. The van der Waals surface area contributed by atoms with E-state index in [9.17, 15) is 0 Å². The predicted molar refractivity (Wildman–Crippen MR) is 84.3 cm³/mol. The van der Waals surface area contributed by atoms with Gasteiger partial charge in [-0.1, -0.05) is 27.7 Å². The summed E-state index contributed by atoms with van der Waals surface area (Å²) >= 11 is 0. The van der Waals surface area contributed by atoms with Crippen molar-refractivity contribution in [3.8, 4) is 0 Å². The molecule has 0 aromatic rings. The monoisotopic (exact) mass is 289 g/mol. The van der Waals surface area contributed by atoms with Gasteiger partial charge in [0, 0.05) is 26.3 Å². The Kier molecular flexibility index (Phi) is 12.5. The van der Waals surface area contributed by atoms with E-state index < -0.39 is 0 Å². The molecule has 4 heteroatoms. The first-order valence-electron chi connectivity index (χ1n) is 7.98. The molecule has 0 heterocycles. The van der Waals surface area contributed by atoms with Gasteiger partial charge in [-0.3, -0.25) is 0 Å². The van der Waals surface area contributed by atoms with Crippen molar-refractivity contribution in [3.05, 3.63) is 0 Å². The smallest absolute Gasteiger partial charge is 0.0701 e. The van der Waals surface area contributed by atoms with Crippen molar-refractivity contribution in [1.29, 1.82) is 0 Å². The third kappa shape index (κ3) is 9.70. The van der Waals surface area contributed by atoms with Crippen LogP contribution in [0.4, 0.5) is 0 Å². The summed E-state index contributed by atoms with van der Waals surface area (Å²) in [5, 5.41) is 3.57. The molecule has 0 aromatic carbocycles. The Balaban J connectivity index is 3.74. The summed E-state index contributed by atoms with van der Waals surface area (Å²) in [6.45, 7) is 13.5. The van der Waals surface area contributed by atoms with Crippen LogP contribution in [0.15, 0.2) is 0 Å². The molecule has 0 aromatic heterocycles. The molecule has 0 saturated carbocycles. The molecule has 0 aliphatic rings. The lowest BCUT2D eigenvalue weighted by Gasteiger charge is -2.33. The zero-order chi connectivity index (χ0) is 15.3. The van der Waals surface area contributed by atoms with E-state index in [2.05, 4.69) is 33.0 Å². The molecule has 0 atom stereocenters. The van der Waals surface area contributed by atoms with Crippen LogP contribution in [-0.2, 0) is 14.2 Å². The summed E-state index contributed by atoms with van der Waals surface area (Å²) in [5.41, 5.74) is 0.362. The molecule has 0 radical (unpaired) electrons. The molecule has 0 unspecified atom stereocenters. The standard InChI is InChI=1S/C16H35NO3/c1-6-16(7-2,14-17-15(3)4)8-9-19-12-13-20-11-10-18-5/h15,17H,6-14H2,1-5H3. The molecule has 4 nitrogen and oxygen atoms in total. The molecule has 0 spiro atoms. The van der Waals surface area contributed by atoms with Crippen molar-refractivity contribution >= 4 is 0 Å². The minimum atomic E-state index is 0.362. The number of nitrogens with one attached hydrogen (secondary N) is 1. The van der Waals surface area contributed by atoms with Crippen LogP contribution >= 0.6 is 0 Å². The number of methoxy groups -OCH3 is 1. The molecular formula is C16H35NO3. The Morgan fingerprint density at radius 3 is 1.95 bits per heavy atom. The Labute approximate surface area is 125 Å². The maximum absolute atomic E-state index is 5.69. The molecule has 0 fully saturated rings. The highest BCUT2D eigenvalue weighted by Crippen LogP contribution is 2.29. The van der Waals surface area contributed by atoms with E-state index in [1.54, 1.807) is 7.11 Å². The molecular weight excluding hydrogens is 254 g/mol. The molecule has 0 amide bonds. The molecule has 0 bridgehead atoms. The van der Waals surface area contributed by atoms with Crippen LogP contribution in [0.3, 0.4) is 0 Å². The van der Waals surface area contributed by atoms with Crippen molar-refractivity contribution in [1.82, 2.24) is 5.32 Å². The summed E-state index contributed by atoms with van der Waals surface area (Å²) in [4.78, 5) is 0. The normalized spacial score (nSPS) is 12.3. The van der Waals surface area contributed by atoms with E-state index in [1.807, 2.05) is 0 Å². The van der Waals surface area contributed by atoms with Crippen molar-refractivity contribution in [2.24, 2.45) is 5.41 Å². The summed E-state index contributed by atoms with van der Waals surface area (Å²) in [6, 6.07) is 0.544. The second kappa shape index (κ2) is 12.6. The molecule has 1 N–H and O–H groups in total. The average Bonchev–Trinajstić information content (AvgIpc) is 2.45. The van der Waals surface area contributed by atoms with E-state index in [1.165, 1.54) is 12.8 Å². The van der Waals surface area contributed by atoms with Crippen LogP contribution < -0.4 is 5.32 Å². The van der Waals surface area contributed by atoms with Gasteiger partial charge in [-0.15, -0.1) is 0 Å². The second-order valence-corrected chi connectivity index (χ2v) is 5.71. The summed E-state index contributed by atoms with van der Waals surface area (Å²) < 4.78 is 16.0. The fourth-order valence-corrected chi connectivity index (χ4v) is 2.12. The Bertz CT molecular complexity index is 206. The van der Waals surface area contributed by atoms with Gasteiger partial charge in [-0.2, -0.15) is 0 Å². The Morgan fingerprint density at radius 2 is 1.45 bits per heavy atom. The Morgan fingerprint density at radius 1 is 0.900 bits per heavy atom. The van der Waals surface area contributed by atoms with Crippen LogP contribution in [0.25, 0.3) is 0 Å². The zero-order valence-corrected chi connectivity index (χ0v) is 14.2. The quantitative estimate of drug-likeness (QED) is 0.499. The van der Waals surface area contributed by atoms with Gasteiger partial charge in [0.1, 0.15) is 0 Å². The lowest BCUT2D eigenvalue weighted by Crippen LogP contribution is -2.37. The lowest BCUT2D eigenvalue weighted by atomic mass is 9.79. The first kappa shape index (κ1) is 19.8. The maximum Gasteiger partial charge on any atom is 0.0701 e. The van der Waals surface area contributed by atoms with E-state index in [4.69, 9.17) is 14.2 Å². The van der Waals surface area contributed by atoms with Gasteiger partial charge in [-0.05, 0) is 24.7 Å². The molecule has 20 heavy (non-hydrogen) atoms. The van der Waals surface area contributed by atoms with Crippen LogP contribution in [0.1, 0.15) is 47.0 Å². The average molecular weight is 289 g/mol. The molecule has 0 rings (SSSR count). The van der Waals surface area contributed by atoms with Gasteiger partial charge in [-0.25, -0.2) is 0 Å². The zero-order valence-electron chi connectivity index (χ0n) is 14.2. The number of ether oxygens (including phenoxy) is 3. The van der Waals surface area contributed by atoms with Gasteiger partial charge in [0.2, 0.25) is 0 Å². The number of hydrogen-bond acceptors (Lipinski definition) is 4. The van der Waals surface area contributed by atoms with E-state index in [-0.39, 0.29) is 0 Å². The molecule has 0 aliphatic heterocycles. The third-order valence-corrected chi connectivity index (χ3v) is 3.97. The minimum Gasteiger partial charge on any atom is -0.382 e. The second-order valence-electron chi connectivity index (χ2n) is 5.71. The van der Waals surface area contributed by atoms with Gasteiger partial charge in [0.15, 0.2) is 0 Å². The minimum absolute atomic E-state index is 0.362. The maximum atomic E-state index is 5.69. The van der Waals surface area contributed by atoms with Crippen LogP contribution in [-0.4, -0.2) is 52.7 Å². The van der Waals surface area contributed by atoms with E-state index in [0.717, 1.165) is 19.6 Å². The third-order valence-electron chi connectivity index (χ3n) is 3.97.